The van der Waals surface area contributed by atoms with Gasteiger partial charge in [0.25, 0.3) is 0 Å². The fourth-order valence-corrected chi connectivity index (χ4v) is 13.0. The van der Waals surface area contributed by atoms with Gasteiger partial charge in [-0.15, -0.1) is 0 Å². The highest BCUT2D eigenvalue weighted by atomic mass is 35.5. The third kappa shape index (κ3) is 8.51. The molecule has 0 unspecified atom stereocenters. The first-order chi connectivity index (χ1) is 26.1. The van der Waals surface area contributed by atoms with Gasteiger partial charge in [0, 0.05) is 12.6 Å². The molecule has 4 aliphatic carbocycles. The SMILES string of the molecule is COc1c(Cl)cc(C(=CCN[C@@H]2CC[C@@]3(C)[C@@H](CC[C@@H]4[C@@H]3CC[C@]3(C)[C@@H]([C@H](C)CCCC(C)C)CC[C@@H]43)C2)c2cc(Cl)c(OC)c(C(=O)O)c2)cc1C(=O)O.N. The van der Waals surface area contributed by atoms with E-state index >= 15 is 0 Å². The Morgan fingerprint density at radius 2 is 1.39 bits per heavy atom. The molecule has 2 aromatic rings. The standard InChI is InChI=1S/C46H63Cl2NO6.H3N/c1-26(2)9-8-10-27(3)36-13-14-37-33-12-11-30-25-31(15-18-45(30,4)38(33)16-19-46(36,37)5)49-20-17-32(28-21-34(43(50)51)41(54-6)39(47)23-28)29-22-35(44(52)53)42(55-7)40(48)24-29;/h17,21-24,26-27,30-31,33,36-38,49H,8-16,18-20,25H2,1-7H3,(H,50,51)(H,52,53);1H3/t27-,30+,31-,33+,36-,37+,38+,45+,46-;/m1./s1. The van der Waals surface area contributed by atoms with Crippen LogP contribution in [0.3, 0.4) is 0 Å². The Morgan fingerprint density at radius 1 is 0.821 bits per heavy atom. The Kier molecular flexibility index (Phi) is 14.3. The minimum atomic E-state index is -1.18. The lowest BCUT2D eigenvalue weighted by atomic mass is 9.44. The quantitative estimate of drug-likeness (QED) is 0.148. The lowest BCUT2D eigenvalue weighted by Crippen LogP contribution is -2.55. The van der Waals surface area contributed by atoms with Gasteiger partial charge in [-0.05, 0) is 151 Å². The third-order valence-electron chi connectivity index (χ3n) is 15.2. The van der Waals surface area contributed by atoms with Crippen molar-refractivity contribution >= 4 is 40.7 Å². The van der Waals surface area contributed by atoms with Gasteiger partial charge in [-0.3, -0.25) is 0 Å². The van der Waals surface area contributed by atoms with E-state index < -0.39 is 11.9 Å². The summed E-state index contributed by atoms with van der Waals surface area (Å²) in [4.78, 5) is 24.5. The van der Waals surface area contributed by atoms with E-state index in [4.69, 9.17) is 32.7 Å². The maximum absolute atomic E-state index is 12.3. The summed E-state index contributed by atoms with van der Waals surface area (Å²) in [6.07, 6.45) is 17.9. The molecule has 0 aromatic heterocycles. The zero-order chi connectivity index (χ0) is 39.8. The normalized spacial score (nSPS) is 30.0. The van der Waals surface area contributed by atoms with Crippen molar-refractivity contribution in [1.82, 2.24) is 11.5 Å². The minimum Gasteiger partial charge on any atom is -0.494 e. The van der Waals surface area contributed by atoms with Crippen LogP contribution in [0.25, 0.3) is 5.57 Å². The lowest BCUT2D eigenvalue weighted by Gasteiger charge is -2.61. The predicted octanol–water partition coefficient (Wildman–Crippen LogP) is 12.1. The molecule has 6 rings (SSSR count). The number of fused-ring (bicyclic) bond motifs is 5. The highest BCUT2D eigenvalue weighted by molar-refractivity contribution is 6.33. The van der Waals surface area contributed by atoms with Gasteiger partial charge in [-0.1, -0.05) is 83.2 Å². The van der Waals surface area contributed by atoms with E-state index in [1.807, 2.05) is 6.08 Å². The first-order valence-corrected chi connectivity index (χ1v) is 21.5. The number of carbonyl (C=O) groups is 2. The number of carboxylic acid groups (broad SMARTS) is 2. The number of halogens is 2. The molecule has 10 heteroatoms. The molecule has 0 aliphatic heterocycles. The Labute approximate surface area is 345 Å². The van der Waals surface area contributed by atoms with Gasteiger partial charge in [0.15, 0.2) is 11.5 Å². The van der Waals surface area contributed by atoms with Crippen molar-refractivity contribution in [1.29, 1.82) is 0 Å². The van der Waals surface area contributed by atoms with E-state index in [2.05, 4.69) is 39.9 Å². The van der Waals surface area contributed by atoms with Crippen LogP contribution < -0.4 is 20.9 Å². The van der Waals surface area contributed by atoms with Crippen LogP contribution in [0.1, 0.15) is 144 Å². The summed E-state index contributed by atoms with van der Waals surface area (Å²) in [6.45, 7) is 13.1. The monoisotopic (exact) mass is 812 g/mol. The van der Waals surface area contributed by atoms with Gasteiger partial charge in [-0.25, -0.2) is 9.59 Å². The molecule has 56 heavy (non-hydrogen) atoms. The molecular formula is C46H66Cl2N2O6. The molecule has 0 amide bonds. The van der Waals surface area contributed by atoms with Gasteiger partial charge in [0.2, 0.25) is 0 Å². The largest absolute Gasteiger partial charge is 0.494 e. The van der Waals surface area contributed by atoms with Crippen LogP contribution in [-0.4, -0.2) is 49.0 Å². The van der Waals surface area contributed by atoms with E-state index in [0.717, 1.165) is 48.3 Å². The van der Waals surface area contributed by atoms with Gasteiger partial charge in [-0.2, -0.15) is 0 Å². The predicted molar refractivity (Wildman–Crippen MR) is 227 cm³/mol. The average molecular weight is 814 g/mol. The topological polar surface area (TPSA) is 140 Å². The lowest BCUT2D eigenvalue weighted by molar-refractivity contribution is -0.117. The van der Waals surface area contributed by atoms with Crippen molar-refractivity contribution in [2.24, 2.45) is 52.3 Å². The van der Waals surface area contributed by atoms with Crippen molar-refractivity contribution in [2.75, 3.05) is 20.8 Å². The Hall–Kier alpha value is -2.78. The molecule has 310 valence electrons. The summed E-state index contributed by atoms with van der Waals surface area (Å²) in [7, 11) is 2.76. The van der Waals surface area contributed by atoms with E-state index in [9.17, 15) is 19.8 Å². The molecule has 6 N–H and O–H groups in total. The number of hydrogen-bond acceptors (Lipinski definition) is 6. The van der Waals surface area contributed by atoms with Crippen LogP contribution >= 0.6 is 23.2 Å². The van der Waals surface area contributed by atoms with Crippen molar-refractivity contribution in [3.63, 3.8) is 0 Å². The Morgan fingerprint density at radius 3 is 1.95 bits per heavy atom. The average Bonchev–Trinajstić information content (AvgIpc) is 3.49. The number of methoxy groups -OCH3 is 2. The summed E-state index contributed by atoms with van der Waals surface area (Å²) >= 11 is 13.1. The van der Waals surface area contributed by atoms with Crippen LogP contribution in [0.15, 0.2) is 30.3 Å². The van der Waals surface area contributed by atoms with E-state index in [1.165, 1.54) is 90.6 Å². The van der Waals surface area contributed by atoms with Crippen molar-refractivity contribution in [2.45, 2.75) is 118 Å². The van der Waals surface area contributed by atoms with Crippen LogP contribution in [0, 0.1) is 52.3 Å². The Balaban J connectivity index is 0.00000600. The summed E-state index contributed by atoms with van der Waals surface area (Å²) in [5, 5.41) is 24.1. The molecule has 4 aliphatic rings. The molecule has 0 saturated heterocycles. The molecule has 2 aromatic carbocycles. The number of ether oxygens (including phenoxy) is 2. The van der Waals surface area contributed by atoms with Gasteiger partial charge in [0.05, 0.1) is 24.3 Å². The second-order valence-electron chi connectivity index (χ2n) is 18.4. The summed E-state index contributed by atoms with van der Waals surface area (Å²) in [5.74, 6) is 3.52. The highest BCUT2D eigenvalue weighted by Gasteiger charge is 2.60. The fourth-order valence-electron chi connectivity index (χ4n) is 12.4. The maximum atomic E-state index is 12.3. The molecule has 9 atom stereocenters. The molecule has 0 heterocycles. The Bertz CT molecular complexity index is 1710. The number of aromatic carboxylic acids is 2. The van der Waals surface area contributed by atoms with E-state index in [1.54, 1.807) is 12.1 Å². The van der Waals surface area contributed by atoms with Crippen LogP contribution in [0.2, 0.25) is 10.0 Å². The smallest absolute Gasteiger partial charge is 0.339 e. The van der Waals surface area contributed by atoms with E-state index in [0.29, 0.717) is 46.0 Å². The van der Waals surface area contributed by atoms with Crippen LogP contribution in [0.4, 0.5) is 0 Å². The second kappa shape index (κ2) is 18.0. The molecular weight excluding hydrogens is 747 g/mol. The zero-order valence-corrected chi connectivity index (χ0v) is 36.2. The first kappa shape index (κ1) is 44.3. The fraction of sp³-hybridized carbons (Fsp3) is 0.652. The molecule has 0 bridgehead atoms. The first-order valence-electron chi connectivity index (χ1n) is 20.8. The molecule has 0 radical (unpaired) electrons. The number of benzene rings is 2. The molecule has 4 saturated carbocycles. The van der Waals surface area contributed by atoms with Crippen LogP contribution in [0.5, 0.6) is 11.5 Å². The van der Waals surface area contributed by atoms with Gasteiger partial charge < -0.3 is 31.2 Å². The molecule has 0 spiro atoms. The number of hydrogen-bond donors (Lipinski definition) is 4. The van der Waals surface area contributed by atoms with Crippen molar-refractivity contribution < 1.29 is 29.3 Å². The van der Waals surface area contributed by atoms with Crippen LogP contribution in [-0.2, 0) is 0 Å². The second-order valence-corrected chi connectivity index (χ2v) is 19.2. The zero-order valence-electron chi connectivity index (χ0n) is 34.7. The highest BCUT2D eigenvalue weighted by Crippen LogP contribution is 2.68. The van der Waals surface area contributed by atoms with Crippen molar-refractivity contribution in [3.8, 4) is 11.5 Å². The van der Waals surface area contributed by atoms with Crippen molar-refractivity contribution in [3.05, 3.63) is 62.6 Å². The van der Waals surface area contributed by atoms with Gasteiger partial charge in [0.1, 0.15) is 11.1 Å². The minimum absolute atomic E-state index is 0. The number of carboxylic acids is 2. The molecule has 8 nitrogen and oxygen atoms in total. The summed E-state index contributed by atoms with van der Waals surface area (Å²) < 4.78 is 10.6. The summed E-state index contributed by atoms with van der Waals surface area (Å²) in [6, 6.07) is 6.68. The summed E-state index contributed by atoms with van der Waals surface area (Å²) in [5.41, 5.74) is 2.35. The number of nitrogens with one attached hydrogen (secondary N) is 1. The third-order valence-corrected chi connectivity index (χ3v) is 15.7. The molecule has 4 fully saturated rings. The number of rotatable bonds is 14. The van der Waals surface area contributed by atoms with E-state index in [-0.39, 0.29) is 38.8 Å². The maximum Gasteiger partial charge on any atom is 0.339 e. The van der Waals surface area contributed by atoms with Gasteiger partial charge >= 0.3 is 11.9 Å².